The van der Waals surface area contributed by atoms with E-state index in [1.54, 1.807) is 6.92 Å². The second-order valence-corrected chi connectivity index (χ2v) is 7.11. The highest BCUT2D eigenvalue weighted by atomic mass is 16.5. The van der Waals surface area contributed by atoms with Crippen molar-refractivity contribution in [1.82, 2.24) is 16.0 Å². The third kappa shape index (κ3) is 16.5. The maximum Gasteiger partial charge on any atom is 0.305 e. The van der Waals surface area contributed by atoms with Crippen LogP contribution in [0.3, 0.4) is 0 Å². The number of carbonyl (C=O) groups excluding carboxylic acids is 1. The molecule has 3 aliphatic rings. The van der Waals surface area contributed by atoms with E-state index in [1.807, 2.05) is 6.92 Å². The van der Waals surface area contributed by atoms with E-state index in [1.165, 1.54) is 19.6 Å². The molecule has 3 saturated heterocycles. The second-order valence-electron chi connectivity index (χ2n) is 7.11. The highest BCUT2D eigenvalue weighted by Crippen LogP contribution is 2.20. The summed E-state index contributed by atoms with van der Waals surface area (Å²) in [5, 5.41) is 27.3. The van der Waals surface area contributed by atoms with Crippen molar-refractivity contribution < 1.29 is 19.7 Å². The van der Waals surface area contributed by atoms with E-state index in [9.17, 15) is 4.79 Å². The lowest BCUT2D eigenvalue weighted by Crippen LogP contribution is -2.35. The van der Waals surface area contributed by atoms with Gasteiger partial charge < -0.3 is 30.9 Å². The summed E-state index contributed by atoms with van der Waals surface area (Å²) < 4.78 is 4.87. The number of rotatable bonds is 6. The Labute approximate surface area is 152 Å². The van der Waals surface area contributed by atoms with Crippen LogP contribution in [0.1, 0.15) is 47.5 Å². The third-order valence-corrected chi connectivity index (χ3v) is 4.09. The Kier molecular flexibility index (Phi) is 13.1. The molecule has 3 atom stereocenters. The largest absolute Gasteiger partial charge is 0.465 e. The van der Waals surface area contributed by atoms with Crippen LogP contribution in [0.2, 0.25) is 0 Å². The van der Waals surface area contributed by atoms with E-state index in [2.05, 4.69) is 36.7 Å². The van der Waals surface area contributed by atoms with Gasteiger partial charge in [0.05, 0.1) is 18.6 Å². The predicted molar refractivity (Wildman–Crippen MR) is 101 cm³/mol. The van der Waals surface area contributed by atoms with E-state index in [-0.39, 0.29) is 25.8 Å². The van der Waals surface area contributed by atoms with Crippen LogP contribution < -0.4 is 16.0 Å². The van der Waals surface area contributed by atoms with Crippen LogP contribution >= 0.6 is 0 Å². The summed E-state index contributed by atoms with van der Waals surface area (Å²) in [6.07, 6.45) is 0.896. The number of aliphatic hydroxyl groups is 2. The van der Waals surface area contributed by atoms with Gasteiger partial charge in [0, 0.05) is 44.2 Å². The molecule has 3 heterocycles. The lowest BCUT2D eigenvalue weighted by Gasteiger charge is -2.27. The molecule has 7 heteroatoms. The lowest BCUT2D eigenvalue weighted by molar-refractivity contribution is -0.149. The molecule has 0 aromatic carbocycles. The zero-order valence-electron chi connectivity index (χ0n) is 16.6. The summed E-state index contributed by atoms with van der Waals surface area (Å²) in [5.74, 6) is -0.306. The number of carbonyl (C=O) groups is 1. The lowest BCUT2D eigenvalue weighted by atomic mass is 9.88. The molecule has 0 aromatic rings. The van der Waals surface area contributed by atoms with E-state index >= 15 is 0 Å². The van der Waals surface area contributed by atoms with Gasteiger partial charge >= 0.3 is 5.97 Å². The molecule has 150 valence electrons. The minimum absolute atomic E-state index is 0.0865. The van der Waals surface area contributed by atoms with Crippen molar-refractivity contribution in [2.24, 2.45) is 5.41 Å². The van der Waals surface area contributed by atoms with Gasteiger partial charge in [-0.2, -0.15) is 0 Å². The summed E-state index contributed by atoms with van der Waals surface area (Å²) >= 11 is 0. The first-order chi connectivity index (χ1) is 11.8. The van der Waals surface area contributed by atoms with Crippen LogP contribution in [0.5, 0.6) is 0 Å². The van der Waals surface area contributed by atoms with Crippen molar-refractivity contribution in [2.45, 2.75) is 65.6 Å². The fourth-order valence-electron chi connectivity index (χ4n) is 1.16. The molecule has 3 rings (SSSR count). The van der Waals surface area contributed by atoms with Crippen LogP contribution in [0.15, 0.2) is 0 Å². The topological polar surface area (TPSA) is 133 Å². The fourth-order valence-corrected chi connectivity index (χ4v) is 1.16. The standard InChI is InChI=1S/C9H18O4.3C3H7N/c1-3-8(12)13-7-9(4-2,5-10)6-11;3*1-3-2-4-3/h10-11H,3-7H2,1-2H3;3*3-4H,2H2,1H3. The normalized spacial score (nSPS) is 25.0. The summed E-state index contributed by atoms with van der Waals surface area (Å²) in [4.78, 5) is 10.8. The number of hydrogen-bond donors (Lipinski definition) is 5. The molecule has 0 bridgehead atoms. The molecule has 0 amide bonds. The van der Waals surface area contributed by atoms with E-state index < -0.39 is 5.41 Å². The molecule has 3 fully saturated rings. The molecule has 0 radical (unpaired) electrons. The second kappa shape index (κ2) is 13.5. The first-order valence-corrected chi connectivity index (χ1v) is 9.39. The van der Waals surface area contributed by atoms with Gasteiger partial charge in [-0.15, -0.1) is 0 Å². The van der Waals surface area contributed by atoms with Crippen molar-refractivity contribution >= 4 is 5.97 Å². The van der Waals surface area contributed by atoms with Crippen molar-refractivity contribution in [3.05, 3.63) is 0 Å². The molecule has 0 aliphatic carbocycles. The van der Waals surface area contributed by atoms with Crippen molar-refractivity contribution in [2.75, 3.05) is 39.5 Å². The molecule has 7 nitrogen and oxygen atoms in total. The molecule has 3 aliphatic heterocycles. The Hall–Kier alpha value is -0.730. The van der Waals surface area contributed by atoms with Crippen molar-refractivity contribution in [3.63, 3.8) is 0 Å². The molecular weight excluding hydrogens is 322 g/mol. The summed E-state index contributed by atoms with van der Waals surface area (Å²) in [6, 6.07) is 2.50. The average molecular weight is 362 g/mol. The maximum atomic E-state index is 10.8. The number of nitrogens with one attached hydrogen (secondary N) is 3. The Morgan fingerprint density at radius 1 is 0.960 bits per heavy atom. The van der Waals surface area contributed by atoms with Crippen LogP contribution in [-0.4, -0.2) is 73.8 Å². The van der Waals surface area contributed by atoms with Crippen LogP contribution in [0.4, 0.5) is 0 Å². The smallest absolute Gasteiger partial charge is 0.305 e. The number of esters is 1. The van der Waals surface area contributed by atoms with E-state index in [4.69, 9.17) is 14.9 Å². The van der Waals surface area contributed by atoms with Gasteiger partial charge in [0.15, 0.2) is 0 Å². The van der Waals surface area contributed by atoms with Gasteiger partial charge in [0.2, 0.25) is 0 Å². The zero-order valence-corrected chi connectivity index (χ0v) is 16.6. The van der Waals surface area contributed by atoms with Crippen LogP contribution in [0.25, 0.3) is 0 Å². The summed E-state index contributed by atoms with van der Waals surface area (Å²) in [5.41, 5.74) is -0.676. The van der Waals surface area contributed by atoms with Crippen LogP contribution in [-0.2, 0) is 9.53 Å². The number of aliphatic hydroxyl groups excluding tert-OH is 2. The first kappa shape index (κ1) is 24.3. The Morgan fingerprint density at radius 2 is 1.28 bits per heavy atom. The van der Waals surface area contributed by atoms with Gasteiger partial charge in [-0.1, -0.05) is 13.8 Å². The highest BCUT2D eigenvalue weighted by Gasteiger charge is 2.28. The van der Waals surface area contributed by atoms with Gasteiger partial charge in [-0.3, -0.25) is 4.79 Å². The summed E-state index contributed by atoms with van der Waals surface area (Å²) in [6.45, 7) is 13.5. The monoisotopic (exact) mass is 361 g/mol. The zero-order chi connectivity index (χ0) is 19.3. The van der Waals surface area contributed by atoms with E-state index in [0.29, 0.717) is 12.8 Å². The third-order valence-electron chi connectivity index (χ3n) is 4.09. The number of hydrogen-bond acceptors (Lipinski definition) is 7. The molecule has 25 heavy (non-hydrogen) atoms. The quantitative estimate of drug-likeness (QED) is 0.338. The SMILES string of the molecule is CC1CN1.CC1CN1.CC1CN1.CCC(=O)OCC(CC)(CO)CO. The Balaban J connectivity index is 0.000000377. The fraction of sp³-hybridized carbons (Fsp3) is 0.944. The molecule has 0 saturated carbocycles. The van der Waals surface area contributed by atoms with Gasteiger partial charge in [0.1, 0.15) is 6.61 Å². The van der Waals surface area contributed by atoms with E-state index in [0.717, 1.165) is 18.1 Å². The molecule has 5 N–H and O–H groups in total. The molecule has 0 spiro atoms. The highest BCUT2D eigenvalue weighted by molar-refractivity contribution is 5.68. The van der Waals surface area contributed by atoms with Crippen LogP contribution in [0, 0.1) is 5.41 Å². The molecule has 0 aromatic heterocycles. The first-order valence-electron chi connectivity index (χ1n) is 9.39. The Bertz CT molecular complexity index is 307. The Morgan fingerprint density at radius 3 is 1.44 bits per heavy atom. The molecular formula is C18H39N3O4. The van der Waals surface area contributed by atoms with Gasteiger partial charge in [-0.25, -0.2) is 0 Å². The minimum Gasteiger partial charge on any atom is -0.465 e. The predicted octanol–water partition coefficient (Wildman–Crippen LogP) is 0.255. The van der Waals surface area contributed by atoms with Crippen molar-refractivity contribution in [1.29, 1.82) is 0 Å². The maximum absolute atomic E-state index is 10.8. The van der Waals surface area contributed by atoms with Crippen molar-refractivity contribution in [3.8, 4) is 0 Å². The van der Waals surface area contributed by atoms with Gasteiger partial charge in [-0.05, 0) is 27.2 Å². The molecule has 3 unspecified atom stereocenters. The van der Waals surface area contributed by atoms with Gasteiger partial charge in [0.25, 0.3) is 0 Å². The summed E-state index contributed by atoms with van der Waals surface area (Å²) in [7, 11) is 0. The average Bonchev–Trinajstić information content (AvgIpc) is 3.47. The minimum atomic E-state index is -0.676. The number of ether oxygens (including phenoxy) is 1.